The lowest BCUT2D eigenvalue weighted by atomic mass is 10.0. The van der Waals surface area contributed by atoms with E-state index in [0.29, 0.717) is 57.9 Å². The Kier molecular flexibility index (Phi) is 7.04. The Morgan fingerprint density at radius 3 is 2.58 bits per heavy atom. The summed E-state index contributed by atoms with van der Waals surface area (Å²) in [7, 11) is 3.14. The number of aryl methyl sites for hydroxylation is 1. The monoisotopic (exact) mass is 517 g/mol. The molecule has 2 atom stereocenters. The number of hydrogen-bond donors (Lipinski definition) is 2. The molecule has 0 aliphatic carbocycles. The van der Waals surface area contributed by atoms with E-state index in [1.807, 2.05) is 24.3 Å². The van der Waals surface area contributed by atoms with Crippen LogP contribution in [0, 0.1) is 6.92 Å². The van der Waals surface area contributed by atoms with Crippen molar-refractivity contribution in [3.05, 3.63) is 82.2 Å². The van der Waals surface area contributed by atoms with Crippen LogP contribution >= 0.6 is 0 Å². The van der Waals surface area contributed by atoms with Gasteiger partial charge in [-0.15, -0.1) is 0 Å². The first-order valence-corrected chi connectivity index (χ1v) is 12.1. The molecule has 1 aliphatic rings. The normalized spacial score (nSPS) is 16.8. The second-order valence-electron chi connectivity index (χ2n) is 8.87. The Hall–Kier alpha value is -4.34. The molecule has 0 radical (unpaired) electrons. The molecular formula is C29H27NO8. The van der Waals surface area contributed by atoms with Crippen molar-refractivity contribution in [2.45, 2.75) is 25.7 Å². The Morgan fingerprint density at radius 1 is 1.03 bits per heavy atom. The van der Waals surface area contributed by atoms with Gasteiger partial charge >= 0.3 is 5.63 Å². The van der Waals surface area contributed by atoms with Gasteiger partial charge in [-0.05, 0) is 61.0 Å². The summed E-state index contributed by atoms with van der Waals surface area (Å²) in [6.07, 6.45) is -1.01. The van der Waals surface area contributed by atoms with Gasteiger partial charge in [0.05, 0.1) is 20.8 Å². The maximum absolute atomic E-state index is 13.1. The SMILES string of the molecule is COc1cccc(-c2cc(C(=O)Nc3cc4ccc(O[C@@H]5OCC[C@H]5O)c(C)c4oc3=O)ccc2OC)c1. The second-order valence-corrected chi connectivity index (χ2v) is 8.87. The molecule has 2 N–H and O–H groups in total. The van der Waals surface area contributed by atoms with Crippen LogP contribution in [0.2, 0.25) is 0 Å². The lowest BCUT2D eigenvalue weighted by molar-refractivity contribution is -0.0893. The smallest absolute Gasteiger partial charge is 0.360 e. The van der Waals surface area contributed by atoms with E-state index >= 15 is 0 Å². The van der Waals surface area contributed by atoms with Crippen molar-refractivity contribution >= 4 is 22.6 Å². The maximum atomic E-state index is 13.1. The van der Waals surface area contributed by atoms with Gasteiger partial charge < -0.3 is 33.8 Å². The average molecular weight is 518 g/mol. The fourth-order valence-corrected chi connectivity index (χ4v) is 4.37. The maximum Gasteiger partial charge on any atom is 0.360 e. The zero-order chi connectivity index (χ0) is 26.8. The van der Waals surface area contributed by atoms with Gasteiger partial charge in [0.1, 0.15) is 34.6 Å². The minimum absolute atomic E-state index is 0.00358. The van der Waals surface area contributed by atoms with Gasteiger partial charge in [-0.2, -0.15) is 0 Å². The van der Waals surface area contributed by atoms with E-state index in [1.165, 1.54) is 0 Å². The first kappa shape index (κ1) is 25.3. The average Bonchev–Trinajstić information content (AvgIpc) is 3.34. The summed E-state index contributed by atoms with van der Waals surface area (Å²) in [5.41, 5.74) is 2.04. The number of hydrogen-bond acceptors (Lipinski definition) is 8. The minimum atomic E-state index is -0.775. The van der Waals surface area contributed by atoms with E-state index in [-0.39, 0.29) is 5.69 Å². The van der Waals surface area contributed by atoms with E-state index in [4.69, 9.17) is 23.4 Å². The van der Waals surface area contributed by atoms with Crippen LogP contribution in [-0.2, 0) is 4.74 Å². The van der Waals surface area contributed by atoms with E-state index < -0.39 is 23.9 Å². The zero-order valence-electron chi connectivity index (χ0n) is 21.1. The Bertz CT molecular complexity index is 1560. The number of amides is 1. The van der Waals surface area contributed by atoms with E-state index in [0.717, 1.165) is 5.56 Å². The minimum Gasteiger partial charge on any atom is -0.497 e. The van der Waals surface area contributed by atoms with Gasteiger partial charge in [-0.3, -0.25) is 4.79 Å². The Morgan fingerprint density at radius 2 is 1.84 bits per heavy atom. The van der Waals surface area contributed by atoms with Crippen LogP contribution in [0.5, 0.6) is 17.2 Å². The van der Waals surface area contributed by atoms with Crippen LogP contribution in [-0.4, -0.2) is 44.2 Å². The van der Waals surface area contributed by atoms with Crippen molar-refractivity contribution in [3.63, 3.8) is 0 Å². The number of rotatable bonds is 7. The summed E-state index contributed by atoms with van der Waals surface area (Å²) in [5.74, 6) is 1.22. The van der Waals surface area contributed by atoms with Gasteiger partial charge in [-0.1, -0.05) is 12.1 Å². The molecule has 3 aromatic carbocycles. The summed E-state index contributed by atoms with van der Waals surface area (Å²) in [6, 6.07) is 17.4. The lowest BCUT2D eigenvalue weighted by Crippen LogP contribution is -2.27. The van der Waals surface area contributed by atoms with Crippen LogP contribution in [0.4, 0.5) is 5.69 Å². The first-order chi connectivity index (χ1) is 18.4. The van der Waals surface area contributed by atoms with Crippen molar-refractivity contribution in [1.29, 1.82) is 0 Å². The molecule has 1 aliphatic heterocycles. The molecule has 2 heterocycles. The van der Waals surface area contributed by atoms with Crippen LogP contribution in [0.3, 0.4) is 0 Å². The van der Waals surface area contributed by atoms with Gasteiger partial charge in [-0.25, -0.2) is 4.79 Å². The number of methoxy groups -OCH3 is 2. The Labute approximate surface area is 218 Å². The molecule has 9 nitrogen and oxygen atoms in total. The number of fused-ring (bicyclic) bond motifs is 1. The molecule has 4 aromatic rings. The lowest BCUT2D eigenvalue weighted by Gasteiger charge is -2.18. The third-order valence-electron chi connectivity index (χ3n) is 6.44. The predicted molar refractivity (Wildman–Crippen MR) is 141 cm³/mol. The molecule has 0 saturated carbocycles. The van der Waals surface area contributed by atoms with E-state index in [1.54, 1.807) is 57.5 Å². The quantitative estimate of drug-likeness (QED) is 0.344. The third kappa shape index (κ3) is 4.93. The molecular weight excluding hydrogens is 490 g/mol. The number of benzene rings is 3. The summed E-state index contributed by atoms with van der Waals surface area (Å²) >= 11 is 0. The standard InChI is InChI=1S/C29H27NO8/c1-16-24(37-29-23(31)11-12-36-29)9-7-18-15-22(28(33)38-26(16)18)30-27(32)19-8-10-25(35-3)21(14-19)17-5-4-6-20(13-17)34-2/h4-10,13-15,23,29,31H,11-12H2,1-3H3,(H,30,32)/t23-,29+/m1/s1. The predicted octanol–water partition coefficient (Wildman–Crippen LogP) is 4.52. The number of aliphatic hydroxyl groups excluding tert-OH is 1. The van der Waals surface area contributed by atoms with Crippen LogP contribution < -0.4 is 25.2 Å². The zero-order valence-corrected chi connectivity index (χ0v) is 21.1. The highest BCUT2D eigenvalue weighted by molar-refractivity contribution is 6.05. The molecule has 0 bridgehead atoms. The molecule has 196 valence electrons. The van der Waals surface area contributed by atoms with E-state index in [9.17, 15) is 14.7 Å². The highest BCUT2D eigenvalue weighted by atomic mass is 16.7. The summed E-state index contributed by atoms with van der Waals surface area (Å²) in [4.78, 5) is 25.9. The second kappa shape index (κ2) is 10.6. The molecule has 0 unspecified atom stereocenters. The van der Waals surface area contributed by atoms with E-state index in [2.05, 4.69) is 5.32 Å². The molecule has 9 heteroatoms. The number of carbonyl (C=O) groups excluding carboxylic acids is 1. The van der Waals surface area contributed by atoms with Crippen molar-refractivity contribution < 1.29 is 33.3 Å². The van der Waals surface area contributed by atoms with Crippen molar-refractivity contribution in [2.24, 2.45) is 0 Å². The molecule has 0 spiro atoms. The first-order valence-electron chi connectivity index (χ1n) is 12.1. The van der Waals surface area contributed by atoms with Crippen molar-refractivity contribution in [1.82, 2.24) is 0 Å². The van der Waals surface area contributed by atoms with Crippen molar-refractivity contribution in [2.75, 3.05) is 26.1 Å². The largest absolute Gasteiger partial charge is 0.497 e. The van der Waals surface area contributed by atoms with Gasteiger partial charge in [0.15, 0.2) is 0 Å². The summed E-state index contributed by atoms with van der Waals surface area (Å²) < 4.78 is 27.5. The molecule has 1 aromatic heterocycles. The highest BCUT2D eigenvalue weighted by Crippen LogP contribution is 2.34. The van der Waals surface area contributed by atoms with Crippen LogP contribution in [0.1, 0.15) is 22.3 Å². The fraction of sp³-hybridized carbons (Fsp3) is 0.241. The molecule has 38 heavy (non-hydrogen) atoms. The third-order valence-corrected chi connectivity index (χ3v) is 6.44. The summed E-state index contributed by atoms with van der Waals surface area (Å²) in [6.45, 7) is 2.16. The number of ether oxygens (including phenoxy) is 4. The molecule has 1 saturated heterocycles. The van der Waals surface area contributed by atoms with Crippen molar-refractivity contribution in [3.8, 4) is 28.4 Å². The van der Waals surface area contributed by atoms with Gasteiger partial charge in [0.2, 0.25) is 6.29 Å². The Balaban J connectivity index is 1.42. The number of carbonyl (C=O) groups is 1. The number of nitrogens with one attached hydrogen (secondary N) is 1. The van der Waals surface area contributed by atoms with Crippen LogP contribution in [0.25, 0.3) is 22.1 Å². The molecule has 1 fully saturated rings. The van der Waals surface area contributed by atoms with Gasteiger partial charge in [0.25, 0.3) is 5.91 Å². The van der Waals surface area contributed by atoms with Crippen LogP contribution in [0.15, 0.2) is 69.9 Å². The summed E-state index contributed by atoms with van der Waals surface area (Å²) in [5, 5.41) is 13.2. The topological polar surface area (TPSA) is 116 Å². The number of aliphatic hydroxyl groups is 1. The fourth-order valence-electron chi connectivity index (χ4n) is 4.37. The highest BCUT2D eigenvalue weighted by Gasteiger charge is 2.28. The van der Waals surface area contributed by atoms with Gasteiger partial charge in [0, 0.05) is 28.5 Å². The number of anilines is 1. The molecule has 1 amide bonds. The molecule has 5 rings (SSSR count).